The van der Waals surface area contributed by atoms with Crippen molar-refractivity contribution in [3.05, 3.63) is 17.8 Å². The molecular weight excluding hydrogens is 250 g/mol. The third-order valence-electron chi connectivity index (χ3n) is 2.99. The SMILES string of the molecule is COC(=O)c1cc(N2CCSCC2C)ncc1N. The average molecular weight is 267 g/mol. The molecule has 1 saturated heterocycles. The van der Waals surface area contributed by atoms with Gasteiger partial charge in [0.1, 0.15) is 5.82 Å². The third-order valence-corrected chi connectivity index (χ3v) is 4.18. The number of carbonyl (C=O) groups is 1. The molecule has 1 unspecified atom stereocenters. The highest BCUT2D eigenvalue weighted by Crippen LogP contribution is 2.25. The zero-order valence-corrected chi connectivity index (χ0v) is 11.4. The maximum atomic E-state index is 11.6. The lowest BCUT2D eigenvalue weighted by atomic mass is 10.2. The molecule has 0 amide bonds. The Hall–Kier alpha value is -1.43. The average Bonchev–Trinajstić information content (AvgIpc) is 2.39. The Morgan fingerprint density at radius 1 is 1.67 bits per heavy atom. The van der Waals surface area contributed by atoms with Gasteiger partial charge in [-0.2, -0.15) is 11.8 Å². The standard InChI is InChI=1S/C12H17N3O2S/c1-8-7-18-4-3-15(8)11-5-9(12(16)17-2)10(13)6-14-11/h5-6,8H,3-4,7,13H2,1-2H3. The van der Waals surface area contributed by atoms with E-state index in [1.54, 1.807) is 6.07 Å². The minimum atomic E-state index is -0.421. The molecule has 6 heteroatoms. The van der Waals surface area contributed by atoms with Crippen LogP contribution in [0, 0.1) is 0 Å². The van der Waals surface area contributed by atoms with Crippen LogP contribution in [0.4, 0.5) is 11.5 Å². The fourth-order valence-electron chi connectivity index (χ4n) is 1.97. The molecule has 1 aromatic heterocycles. The van der Waals surface area contributed by atoms with Gasteiger partial charge in [0, 0.05) is 24.1 Å². The van der Waals surface area contributed by atoms with Crippen LogP contribution in [0.5, 0.6) is 0 Å². The van der Waals surface area contributed by atoms with Crippen LogP contribution in [0.2, 0.25) is 0 Å². The number of pyridine rings is 1. The Labute approximate surface area is 111 Å². The summed E-state index contributed by atoms with van der Waals surface area (Å²) < 4.78 is 4.72. The molecule has 2 rings (SSSR count). The van der Waals surface area contributed by atoms with E-state index in [0.29, 0.717) is 17.3 Å². The summed E-state index contributed by atoms with van der Waals surface area (Å²) in [6.45, 7) is 3.09. The molecule has 1 aliphatic rings. The predicted octanol–water partition coefficient (Wildman–Crippen LogP) is 1.39. The summed E-state index contributed by atoms with van der Waals surface area (Å²) in [5.74, 6) is 2.51. The number of aromatic nitrogens is 1. The van der Waals surface area contributed by atoms with Crippen LogP contribution in [0.15, 0.2) is 12.3 Å². The van der Waals surface area contributed by atoms with Gasteiger partial charge in [-0.25, -0.2) is 9.78 Å². The van der Waals surface area contributed by atoms with Gasteiger partial charge in [0.25, 0.3) is 0 Å². The van der Waals surface area contributed by atoms with Crippen molar-refractivity contribution in [2.24, 2.45) is 0 Å². The number of methoxy groups -OCH3 is 1. The Kier molecular flexibility index (Phi) is 3.96. The summed E-state index contributed by atoms with van der Waals surface area (Å²) in [6.07, 6.45) is 1.52. The second-order valence-electron chi connectivity index (χ2n) is 4.24. The molecule has 1 aromatic rings. The highest BCUT2D eigenvalue weighted by atomic mass is 32.2. The zero-order valence-electron chi connectivity index (χ0n) is 10.5. The number of ether oxygens (including phenoxy) is 1. The number of nitrogens with two attached hydrogens (primary N) is 1. The molecule has 2 N–H and O–H groups in total. The Morgan fingerprint density at radius 2 is 2.44 bits per heavy atom. The molecule has 1 fully saturated rings. The van der Waals surface area contributed by atoms with E-state index in [9.17, 15) is 4.79 Å². The Morgan fingerprint density at radius 3 is 3.11 bits per heavy atom. The maximum Gasteiger partial charge on any atom is 0.340 e. The predicted molar refractivity (Wildman–Crippen MR) is 74.1 cm³/mol. The van der Waals surface area contributed by atoms with Crippen molar-refractivity contribution in [3.8, 4) is 0 Å². The fourth-order valence-corrected chi connectivity index (χ4v) is 2.98. The molecule has 0 aliphatic carbocycles. The van der Waals surface area contributed by atoms with Crippen LogP contribution in [-0.4, -0.2) is 42.2 Å². The normalized spacial score (nSPS) is 19.7. The van der Waals surface area contributed by atoms with Crippen molar-refractivity contribution in [1.29, 1.82) is 0 Å². The first-order chi connectivity index (χ1) is 8.63. The highest BCUT2D eigenvalue weighted by molar-refractivity contribution is 7.99. The van der Waals surface area contributed by atoms with Crippen molar-refractivity contribution < 1.29 is 9.53 Å². The number of hydrogen-bond acceptors (Lipinski definition) is 6. The number of carbonyl (C=O) groups excluding carboxylic acids is 1. The molecule has 0 bridgehead atoms. The minimum absolute atomic E-state index is 0.352. The minimum Gasteiger partial charge on any atom is -0.465 e. The number of esters is 1. The lowest BCUT2D eigenvalue weighted by molar-refractivity contribution is 0.0602. The number of thioether (sulfide) groups is 1. The van der Waals surface area contributed by atoms with E-state index in [4.69, 9.17) is 10.5 Å². The number of rotatable bonds is 2. The first-order valence-corrected chi connectivity index (χ1v) is 6.97. The van der Waals surface area contributed by atoms with E-state index < -0.39 is 5.97 Å². The number of nitrogens with zero attached hydrogens (tertiary/aromatic N) is 2. The number of hydrogen-bond donors (Lipinski definition) is 1. The summed E-state index contributed by atoms with van der Waals surface area (Å²) in [7, 11) is 1.35. The Balaban J connectivity index is 2.31. The van der Waals surface area contributed by atoms with Gasteiger partial charge in [-0.05, 0) is 13.0 Å². The smallest absolute Gasteiger partial charge is 0.340 e. The lowest BCUT2D eigenvalue weighted by Gasteiger charge is -2.34. The van der Waals surface area contributed by atoms with Crippen LogP contribution >= 0.6 is 11.8 Å². The molecule has 0 spiro atoms. The van der Waals surface area contributed by atoms with E-state index in [1.165, 1.54) is 13.3 Å². The summed E-state index contributed by atoms with van der Waals surface area (Å²) in [4.78, 5) is 18.1. The summed E-state index contributed by atoms with van der Waals surface area (Å²) >= 11 is 1.93. The van der Waals surface area contributed by atoms with E-state index in [1.807, 2.05) is 11.8 Å². The van der Waals surface area contributed by atoms with Gasteiger partial charge in [0.2, 0.25) is 0 Å². The van der Waals surface area contributed by atoms with Crippen molar-refractivity contribution in [3.63, 3.8) is 0 Å². The summed E-state index contributed by atoms with van der Waals surface area (Å²) in [6, 6.07) is 2.12. The van der Waals surface area contributed by atoms with Crippen LogP contribution in [0.25, 0.3) is 0 Å². The van der Waals surface area contributed by atoms with Crippen LogP contribution in [0.3, 0.4) is 0 Å². The van der Waals surface area contributed by atoms with Crippen molar-refractivity contribution in [1.82, 2.24) is 4.98 Å². The fraction of sp³-hybridized carbons (Fsp3) is 0.500. The van der Waals surface area contributed by atoms with E-state index in [-0.39, 0.29) is 0 Å². The molecule has 1 aliphatic heterocycles. The second kappa shape index (κ2) is 5.48. The van der Waals surface area contributed by atoms with E-state index in [2.05, 4.69) is 16.8 Å². The number of anilines is 2. The van der Waals surface area contributed by atoms with Gasteiger partial charge in [0.05, 0.1) is 24.6 Å². The van der Waals surface area contributed by atoms with Gasteiger partial charge in [-0.3, -0.25) is 0 Å². The lowest BCUT2D eigenvalue weighted by Crippen LogP contribution is -2.41. The van der Waals surface area contributed by atoms with Gasteiger partial charge in [-0.15, -0.1) is 0 Å². The second-order valence-corrected chi connectivity index (χ2v) is 5.39. The molecule has 1 atom stereocenters. The van der Waals surface area contributed by atoms with Gasteiger partial charge in [0.15, 0.2) is 0 Å². The van der Waals surface area contributed by atoms with E-state index >= 15 is 0 Å². The first-order valence-electron chi connectivity index (χ1n) is 5.81. The molecule has 0 radical (unpaired) electrons. The quantitative estimate of drug-likeness (QED) is 0.817. The van der Waals surface area contributed by atoms with E-state index in [0.717, 1.165) is 23.9 Å². The van der Waals surface area contributed by atoms with Crippen LogP contribution < -0.4 is 10.6 Å². The van der Waals surface area contributed by atoms with Gasteiger partial charge >= 0.3 is 5.97 Å². The molecule has 5 nitrogen and oxygen atoms in total. The highest BCUT2D eigenvalue weighted by Gasteiger charge is 2.22. The first kappa shape index (κ1) is 13.0. The molecule has 2 heterocycles. The topological polar surface area (TPSA) is 68.5 Å². The largest absolute Gasteiger partial charge is 0.465 e. The molecular formula is C12H17N3O2S. The molecule has 0 saturated carbocycles. The van der Waals surface area contributed by atoms with Crippen molar-refractivity contribution >= 4 is 29.2 Å². The third kappa shape index (κ3) is 2.53. The Bertz CT molecular complexity index is 453. The summed E-state index contributed by atoms with van der Waals surface area (Å²) in [5.41, 5.74) is 6.48. The monoisotopic (exact) mass is 267 g/mol. The molecule has 0 aromatic carbocycles. The van der Waals surface area contributed by atoms with Gasteiger partial charge < -0.3 is 15.4 Å². The zero-order chi connectivity index (χ0) is 13.1. The van der Waals surface area contributed by atoms with Crippen molar-refractivity contribution in [2.75, 3.05) is 35.8 Å². The summed E-state index contributed by atoms with van der Waals surface area (Å²) in [5, 5.41) is 0. The van der Waals surface area contributed by atoms with Crippen molar-refractivity contribution in [2.45, 2.75) is 13.0 Å². The molecule has 18 heavy (non-hydrogen) atoms. The molecule has 98 valence electrons. The van der Waals surface area contributed by atoms with Gasteiger partial charge in [-0.1, -0.05) is 0 Å². The maximum absolute atomic E-state index is 11.6. The number of nitrogen functional groups attached to an aromatic ring is 1. The van der Waals surface area contributed by atoms with Crippen LogP contribution in [-0.2, 0) is 4.74 Å². The van der Waals surface area contributed by atoms with Crippen LogP contribution in [0.1, 0.15) is 17.3 Å².